The lowest BCUT2D eigenvalue weighted by Crippen LogP contribution is -2.51. The number of carbonyl (C=O) groups excluding carboxylic acids is 2. The van der Waals surface area contributed by atoms with E-state index in [-0.39, 0.29) is 30.2 Å². The van der Waals surface area contributed by atoms with Crippen LogP contribution in [0.25, 0.3) is 0 Å². The molecule has 1 aromatic rings. The smallest absolute Gasteiger partial charge is 0.242 e. The fourth-order valence-corrected chi connectivity index (χ4v) is 4.02. The van der Waals surface area contributed by atoms with Crippen molar-refractivity contribution in [1.29, 1.82) is 0 Å². The zero-order valence-electron chi connectivity index (χ0n) is 15.2. The summed E-state index contributed by atoms with van der Waals surface area (Å²) in [6, 6.07) is 6.16. The highest BCUT2D eigenvalue weighted by atomic mass is 19.1. The third-order valence-electron chi connectivity index (χ3n) is 5.43. The number of piperazine rings is 1. The summed E-state index contributed by atoms with van der Waals surface area (Å²) >= 11 is 0. The van der Waals surface area contributed by atoms with Crippen LogP contribution in [0.4, 0.5) is 4.39 Å². The molecule has 2 aliphatic rings. The maximum absolute atomic E-state index is 13.5. The molecule has 0 bridgehead atoms. The molecule has 1 aliphatic heterocycles. The molecule has 2 N–H and O–H groups in total. The molecule has 142 valence electrons. The molecule has 26 heavy (non-hydrogen) atoms. The average Bonchev–Trinajstić information content (AvgIpc) is 2.67. The van der Waals surface area contributed by atoms with Gasteiger partial charge in [0.15, 0.2) is 0 Å². The van der Waals surface area contributed by atoms with Crippen molar-refractivity contribution in [2.24, 2.45) is 5.92 Å². The molecule has 2 fully saturated rings. The Hall–Kier alpha value is -1.95. The van der Waals surface area contributed by atoms with E-state index in [4.69, 9.17) is 0 Å². The number of carbonyl (C=O) groups is 2. The van der Waals surface area contributed by atoms with Gasteiger partial charge in [0.1, 0.15) is 5.82 Å². The van der Waals surface area contributed by atoms with Crippen LogP contribution in [0, 0.1) is 11.7 Å². The Bertz CT molecular complexity index is 631. The Labute approximate surface area is 154 Å². The van der Waals surface area contributed by atoms with Crippen molar-refractivity contribution >= 4 is 11.8 Å². The number of hydrogen-bond donors (Lipinski definition) is 2. The van der Waals surface area contributed by atoms with Gasteiger partial charge in [-0.3, -0.25) is 9.59 Å². The van der Waals surface area contributed by atoms with Crippen molar-refractivity contribution in [2.75, 3.05) is 26.2 Å². The van der Waals surface area contributed by atoms with Gasteiger partial charge in [0.05, 0.1) is 12.6 Å². The predicted molar refractivity (Wildman–Crippen MR) is 97.9 cm³/mol. The Morgan fingerprint density at radius 1 is 1.23 bits per heavy atom. The van der Waals surface area contributed by atoms with Crippen LogP contribution >= 0.6 is 0 Å². The fourth-order valence-electron chi connectivity index (χ4n) is 4.02. The molecular weight excluding hydrogens is 333 g/mol. The van der Waals surface area contributed by atoms with E-state index in [9.17, 15) is 14.0 Å². The second-order valence-electron chi connectivity index (χ2n) is 7.35. The van der Waals surface area contributed by atoms with E-state index in [1.54, 1.807) is 11.0 Å². The number of halogens is 1. The minimum Gasteiger partial charge on any atom is -0.347 e. The molecule has 1 saturated heterocycles. The standard InChI is InChI=1S/C20H28FN3O2/c21-17-8-4-7-16(12-17)18-13-22-9-10-24(18)20(26)14-23-19(25)11-15-5-2-1-3-6-15/h4,7-8,12,15,18,22H,1-3,5-6,9-11,13-14H2,(H,23,25). The first-order chi connectivity index (χ1) is 12.6. The zero-order chi connectivity index (χ0) is 18.4. The molecule has 1 atom stereocenters. The van der Waals surface area contributed by atoms with E-state index in [1.807, 2.05) is 6.07 Å². The minimum atomic E-state index is -0.304. The molecule has 6 heteroatoms. The van der Waals surface area contributed by atoms with Crippen molar-refractivity contribution < 1.29 is 14.0 Å². The van der Waals surface area contributed by atoms with Crippen molar-refractivity contribution in [2.45, 2.75) is 44.6 Å². The molecule has 3 rings (SSSR count). The second kappa shape index (κ2) is 9.12. The van der Waals surface area contributed by atoms with Crippen molar-refractivity contribution in [3.05, 3.63) is 35.6 Å². The number of rotatable bonds is 5. The number of nitrogens with zero attached hydrogens (tertiary/aromatic N) is 1. The first-order valence-corrected chi connectivity index (χ1v) is 9.66. The van der Waals surface area contributed by atoms with Crippen LogP contribution in [-0.4, -0.2) is 42.9 Å². The summed E-state index contributed by atoms with van der Waals surface area (Å²) in [7, 11) is 0. The quantitative estimate of drug-likeness (QED) is 0.847. The summed E-state index contributed by atoms with van der Waals surface area (Å²) in [4.78, 5) is 26.5. The van der Waals surface area contributed by atoms with Crippen LogP contribution in [0.3, 0.4) is 0 Å². The second-order valence-corrected chi connectivity index (χ2v) is 7.35. The van der Waals surface area contributed by atoms with Gasteiger partial charge in [0, 0.05) is 26.1 Å². The molecule has 1 saturated carbocycles. The van der Waals surface area contributed by atoms with Crippen LogP contribution in [0.2, 0.25) is 0 Å². The third-order valence-corrected chi connectivity index (χ3v) is 5.43. The molecule has 0 radical (unpaired) electrons. The van der Waals surface area contributed by atoms with Crippen LogP contribution < -0.4 is 10.6 Å². The summed E-state index contributed by atoms with van der Waals surface area (Å²) < 4.78 is 13.5. The summed E-state index contributed by atoms with van der Waals surface area (Å²) in [6.45, 7) is 1.86. The Balaban J connectivity index is 1.54. The van der Waals surface area contributed by atoms with Gasteiger partial charge >= 0.3 is 0 Å². The van der Waals surface area contributed by atoms with Gasteiger partial charge < -0.3 is 15.5 Å². The maximum Gasteiger partial charge on any atom is 0.242 e. The number of hydrogen-bond acceptors (Lipinski definition) is 3. The summed E-state index contributed by atoms with van der Waals surface area (Å²) in [6.07, 6.45) is 6.41. The molecule has 5 nitrogen and oxygen atoms in total. The van der Waals surface area contributed by atoms with Gasteiger partial charge in [-0.2, -0.15) is 0 Å². The predicted octanol–water partition coefficient (Wildman–Crippen LogP) is 2.39. The van der Waals surface area contributed by atoms with Crippen LogP contribution in [0.1, 0.15) is 50.1 Å². The summed E-state index contributed by atoms with van der Waals surface area (Å²) in [5.41, 5.74) is 0.777. The fraction of sp³-hybridized carbons (Fsp3) is 0.600. The van der Waals surface area contributed by atoms with Crippen molar-refractivity contribution in [3.63, 3.8) is 0 Å². The van der Waals surface area contributed by atoms with Crippen LogP contribution in [0.15, 0.2) is 24.3 Å². The molecule has 1 aliphatic carbocycles. The lowest BCUT2D eigenvalue weighted by molar-refractivity contribution is -0.135. The lowest BCUT2D eigenvalue weighted by Gasteiger charge is -2.36. The number of nitrogens with one attached hydrogen (secondary N) is 2. The van der Waals surface area contributed by atoms with E-state index < -0.39 is 0 Å². The highest BCUT2D eigenvalue weighted by Crippen LogP contribution is 2.26. The third kappa shape index (κ3) is 5.04. The van der Waals surface area contributed by atoms with Gasteiger partial charge in [-0.15, -0.1) is 0 Å². The van der Waals surface area contributed by atoms with E-state index in [2.05, 4.69) is 10.6 Å². The van der Waals surface area contributed by atoms with Gasteiger partial charge in [-0.25, -0.2) is 4.39 Å². The van der Waals surface area contributed by atoms with E-state index in [1.165, 1.54) is 31.4 Å². The van der Waals surface area contributed by atoms with Crippen LogP contribution in [-0.2, 0) is 9.59 Å². The largest absolute Gasteiger partial charge is 0.347 e. The SMILES string of the molecule is O=C(CC1CCCCC1)NCC(=O)N1CCNCC1c1cccc(F)c1. The first kappa shape index (κ1) is 18.8. The molecule has 2 amide bonds. The van der Waals surface area contributed by atoms with Crippen molar-refractivity contribution in [1.82, 2.24) is 15.5 Å². The molecule has 1 aromatic carbocycles. The Kier molecular flexibility index (Phi) is 6.61. The van der Waals surface area contributed by atoms with Gasteiger partial charge in [-0.1, -0.05) is 31.4 Å². The molecule has 0 spiro atoms. The molecule has 1 heterocycles. The first-order valence-electron chi connectivity index (χ1n) is 9.66. The number of amides is 2. The van der Waals surface area contributed by atoms with E-state index in [0.29, 0.717) is 32.0 Å². The number of benzene rings is 1. The molecule has 1 unspecified atom stereocenters. The van der Waals surface area contributed by atoms with Crippen molar-refractivity contribution in [3.8, 4) is 0 Å². The highest BCUT2D eigenvalue weighted by Gasteiger charge is 2.28. The van der Waals surface area contributed by atoms with E-state index >= 15 is 0 Å². The monoisotopic (exact) mass is 361 g/mol. The Morgan fingerprint density at radius 3 is 2.81 bits per heavy atom. The average molecular weight is 361 g/mol. The van der Waals surface area contributed by atoms with Gasteiger partial charge in [0.2, 0.25) is 11.8 Å². The van der Waals surface area contributed by atoms with E-state index in [0.717, 1.165) is 18.4 Å². The zero-order valence-corrected chi connectivity index (χ0v) is 15.2. The van der Waals surface area contributed by atoms with Gasteiger partial charge in [-0.05, 0) is 36.5 Å². The summed E-state index contributed by atoms with van der Waals surface area (Å²) in [5, 5.41) is 6.04. The summed E-state index contributed by atoms with van der Waals surface area (Å²) in [5.74, 6) is -0.000200. The lowest BCUT2D eigenvalue weighted by atomic mass is 9.87. The molecular formula is C20H28FN3O2. The highest BCUT2D eigenvalue weighted by molar-refractivity contribution is 5.85. The topological polar surface area (TPSA) is 61.4 Å². The minimum absolute atomic E-state index is 0.0113. The van der Waals surface area contributed by atoms with Gasteiger partial charge in [0.25, 0.3) is 0 Å². The Morgan fingerprint density at radius 2 is 2.04 bits per heavy atom. The van der Waals surface area contributed by atoms with Crippen LogP contribution in [0.5, 0.6) is 0 Å². The maximum atomic E-state index is 13.5. The normalized spacial score (nSPS) is 21.4. The molecule has 0 aromatic heterocycles.